The molecule has 0 aliphatic rings. The van der Waals surface area contributed by atoms with Crippen LogP contribution in [-0.2, 0) is 16.3 Å². The molecular formula is C12H13N3O4S. The molecule has 0 bridgehead atoms. The Labute approximate surface area is 115 Å². The Balaban J connectivity index is 2.50. The van der Waals surface area contributed by atoms with Gasteiger partial charge in [-0.05, 0) is 30.7 Å². The molecular weight excluding hydrogens is 282 g/mol. The van der Waals surface area contributed by atoms with Crippen molar-refractivity contribution in [2.75, 3.05) is 6.26 Å². The van der Waals surface area contributed by atoms with Crippen molar-refractivity contribution in [3.05, 3.63) is 35.7 Å². The molecule has 106 valence electrons. The molecule has 2 aromatic rings. The van der Waals surface area contributed by atoms with Crippen molar-refractivity contribution in [2.24, 2.45) is 0 Å². The third-order valence-electron chi connectivity index (χ3n) is 2.81. The zero-order valence-electron chi connectivity index (χ0n) is 10.9. The SMILES string of the molecule is CCc1c(C(=O)O)nnn1-c1ccc(S(C)(=O)=O)cc1. The van der Waals surface area contributed by atoms with Crippen LogP contribution in [0, 0.1) is 0 Å². The van der Waals surface area contributed by atoms with Crippen LogP contribution in [-0.4, -0.2) is 40.7 Å². The van der Waals surface area contributed by atoms with Gasteiger partial charge >= 0.3 is 5.97 Å². The number of benzene rings is 1. The lowest BCUT2D eigenvalue weighted by molar-refractivity contribution is 0.0689. The summed E-state index contributed by atoms with van der Waals surface area (Å²) in [6.45, 7) is 1.80. The Morgan fingerprint density at radius 1 is 1.30 bits per heavy atom. The summed E-state index contributed by atoms with van der Waals surface area (Å²) in [6.07, 6.45) is 1.57. The predicted molar refractivity (Wildman–Crippen MR) is 70.8 cm³/mol. The van der Waals surface area contributed by atoms with Gasteiger partial charge in [-0.15, -0.1) is 5.10 Å². The zero-order chi connectivity index (χ0) is 14.9. The summed E-state index contributed by atoms with van der Waals surface area (Å²) < 4.78 is 24.2. The summed E-state index contributed by atoms with van der Waals surface area (Å²) in [4.78, 5) is 11.2. The highest BCUT2D eigenvalue weighted by Crippen LogP contribution is 2.16. The smallest absolute Gasteiger partial charge is 0.358 e. The van der Waals surface area contributed by atoms with E-state index in [4.69, 9.17) is 5.11 Å². The first-order valence-corrected chi connectivity index (χ1v) is 7.72. The summed E-state index contributed by atoms with van der Waals surface area (Å²) in [7, 11) is -3.27. The molecule has 0 spiro atoms. The van der Waals surface area contributed by atoms with E-state index >= 15 is 0 Å². The van der Waals surface area contributed by atoms with Crippen LogP contribution >= 0.6 is 0 Å². The predicted octanol–water partition coefficient (Wildman–Crippen LogP) is 0.931. The van der Waals surface area contributed by atoms with Gasteiger partial charge in [0.05, 0.1) is 16.3 Å². The summed E-state index contributed by atoms with van der Waals surface area (Å²) >= 11 is 0. The second-order valence-electron chi connectivity index (χ2n) is 4.22. The van der Waals surface area contributed by atoms with Gasteiger partial charge < -0.3 is 5.11 Å². The quantitative estimate of drug-likeness (QED) is 0.900. The number of nitrogens with zero attached hydrogens (tertiary/aromatic N) is 3. The molecule has 0 aliphatic heterocycles. The Bertz CT molecular complexity index is 748. The molecule has 2 rings (SSSR count). The Hall–Kier alpha value is -2.22. The van der Waals surface area contributed by atoms with E-state index in [0.717, 1.165) is 6.26 Å². The highest BCUT2D eigenvalue weighted by Gasteiger charge is 2.18. The van der Waals surface area contributed by atoms with Crippen molar-refractivity contribution in [1.82, 2.24) is 15.0 Å². The minimum Gasteiger partial charge on any atom is -0.476 e. The number of hydrogen-bond donors (Lipinski definition) is 1. The second-order valence-corrected chi connectivity index (χ2v) is 6.24. The van der Waals surface area contributed by atoms with E-state index in [1.165, 1.54) is 16.8 Å². The van der Waals surface area contributed by atoms with E-state index in [2.05, 4.69) is 10.3 Å². The Morgan fingerprint density at radius 3 is 2.35 bits per heavy atom. The zero-order valence-corrected chi connectivity index (χ0v) is 11.8. The Morgan fingerprint density at radius 2 is 1.90 bits per heavy atom. The third-order valence-corrected chi connectivity index (χ3v) is 3.94. The van der Waals surface area contributed by atoms with Crippen molar-refractivity contribution < 1.29 is 18.3 Å². The monoisotopic (exact) mass is 295 g/mol. The molecule has 1 aromatic heterocycles. The molecule has 1 aromatic carbocycles. The lowest BCUT2D eigenvalue weighted by atomic mass is 10.2. The molecule has 8 heteroatoms. The molecule has 1 N–H and O–H groups in total. The van der Waals surface area contributed by atoms with Crippen molar-refractivity contribution in [3.8, 4) is 5.69 Å². The third kappa shape index (κ3) is 2.55. The van der Waals surface area contributed by atoms with Crippen molar-refractivity contribution in [3.63, 3.8) is 0 Å². The average molecular weight is 295 g/mol. The first-order valence-electron chi connectivity index (χ1n) is 5.83. The van der Waals surface area contributed by atoms with Gasteiger partial charge in [0, 0.05) is 6.26 Å². The van der Waals surface area contributed by atoms with Crippen molar-refractivity contribution in [2.45, 2.75) is 18.2 Å². The fourth-order valence-electron chi connectivity index (χ4n) is 1.83. The van der Waals surface area contributed by atoms with Crippen LogP contribution in [0.1, 0.15) is 23.1 Å². The van der Waals surface area contributed by atoms with Crippen LogP contribution in [0.25, 0.3) is 5.69 Å². The minimum absolute atomic E-state index is 0.0975. The van der Waals surface area contributed by atoms with Gasteiger partial charge in [-0.2, -0.15) is 0 Å². The van der Waals surface area contributed by atoms with Crippen LogP contribution in [0.2, 0.25) is 0 Å². The molecule has 0 radical (unpaired) electrons. The molecule has 0 atom stereocenters. The van der Waals surface area contributed by atoms with Gasteiger partial charge in [-0.3, -0.25) is 0 Å². The summed E-state index contributed by atoms with van der Waals surface area (Å²) in [5, 5.41) is 16.4. The van der Waals surface area contributed by atoms with Gasteiger partial charge in [0.25, 0.3) is 0 Å². The van der Waals surface area contributed by atoms with Crippen molar-refractivity contribution >= 4 is 15.8 Å². The number of sulfone groups is 1. The van der Waals surface area contributed by atoms with Crippen LogP contribution in [0.5, 0.6) is 0 Å². The molecule has 0 fully saturated rings. The largest absolute Gasteiger partial charge is 0.476 e. The topological polar surface area (TPSA) is 102 Å². The maximum absolute atomic E-state index is 11.4. The van der Waals surface area contributed by atoms with E-state index in [-0.39, 0.29) is 10.6 Å². The summed E-state index contributed by atoms with van der Waals surface area (Å²) in [6, 6.07) is 6.03. The maximum atomic E-state index is 11.4. The Kier molecular flexibility index (Phi) is 3.58. The number of rotatable bonds is 4. The number of aromatic carboxylic acids is 1. The van der Waals surface area contributed by atoms with E-state index in [0.29, 0.717) is 17.8 Å². The molecule has 0 aliphatic carbocycles. The molecule has 0 amide bonds. The van der Waals surface area contributed by atoms with Gasteiger partial charge in [0.15, 0.2) is 15.5 Å². The number of carbonyl (C=O) groups is 1. The first kappa shape index (κ1) is 14.2. The summed E-state index contributed by atoms with van der Waals surface area (Å²) in [5.41, 5.74) is 0.929. The number of hydrogen-bond acceptors (Lipinski definition) is 5. The van der Waals surface area contributed by atoms with Crippen LogP contribution in [0.4, 0.5) is 0 Å². The van der Waals surface area contributed by atoms with E-state index in [1.54, 1.807) is 19.1 Å². The van der Waals surface area contributed by atoms with Gasteiger partial charge in [0.2, 0.25) is 0 Å². The van der Waals surface area contributed by atoms with E-state index < -0.39 is 15.8 Å². The van der Waals surface area contributed by atoms with E-state index in [9.17, 15) is 13.2 Å². The lowest BCUT2D eigenvalue weighted by Gasteiger charge is -2.06. The summed E-state index contributed by atoms with van der Waals surface area (Å²) in [5.74, 6) is -1.14. The number of aromatic nitrogens is 3. The van der Waals surface area contributed by atoms with Crippen LogP contribution in [0.15, 0.2) is 29.2 Å². The van der Waals surface area contributed by atoms with Crippen LogP contribution < -0.4 is 0 Å². The second kappa shape index (κ2) is 5.04. The number of carboxylic acids is 1. The molecule has 7 nitrogen and oxygen atoms in total. The highest BCUT2D eigenvalue weighted by molar-refractivity contribution is 7.90. The average Bonchev–Trinajstić information content (AvgIpc) is 2.81. The molecule has 0 saturated heterocycles. The molecule has 0 saturated carbocycles. The number of carboxylic acid groups (broad SMARTS) is 1. The first-order chi connectivity index (χ1) is 9.34. The fourth-order valence-corrected chi connectivity index (χ4v) is 2.46. The normalized spacial score (nSPS) is 11.5. The lowest BCUT2D eigenvalue weighted by Crippen LogP contribution is -2.06. The van der Waals surface area contributed by atoms with Gasteiger partial charge in [-0.25, -0.2) is 17.9 Å². The fraction of sp³-hybridized carbons (Fsp3) is 0.250. The van der Waals surface area contributed by atoms with Crippen LogP contribution in [0.3, 0.4) is 0 Å². The minimum atomic E-state index is -3.27. The highest BCUT2D eigenvalue weighted by atomic mass is 32.2. The molecule has 0 unspecified atom stereocenters. The standard InChI is InChI=1S/C12H13N3O4S/c1-3-10-11(12(16)17)13-14-15(10)8-4-6-9(7-5-8)20(2,18)19/h4-7H,3H2,1-2H3,(H,16,17). The molecule has 1 heterocycles. The molecule has 20 heavy (non-hydrogen) atoms. The van der Waals surface area contributed by atoms with Gasteiger partial charge in [0.1, 0.15) is 0 Å². The van der Waals surface area contributed by atoms with E-state index in [1.807, 2.05) is 0 Å². The van der Waals surface area contributed by atoms with Crippen molar-refractivity contribution in [1.29, 1.82) is 0 Å². The maximum Gasteiger partial charge on any atom is 0.358 e. The van der Waals surface area contributed by atoms with Gasteiger partial charge in [-0.1, -0.05) is 12.1 Å².